The molecule has 0 aliphatic heterocycles. The van der Waals surface area contributed by atoms with Crippen LogP contribution in [0.2, 0.25) is 0 Å². The van der Waals surface area contributed by atoms with Gasteiger partial charge in [-0.05, 0) is 52.7 Å². The summed E-state index contributed by atoms with van der Waals surface area (Å²) in [6, 6.07) is 11.2. The zero-order valence-corrected chi connectivity index (χ0v) is 12.8. The van der Waals surface area contributed by atoms with E-state index in [2.05, 4.69) is 15.9 Å². The van der Waals surface area contributed by atoms with Crippen LogP contribution in [0, 0.1) is 0 Å². The molecular formula is C14H14BrNO2S. The van der Waals surface area contributed by atoms with Crippen molar-refractivity contribution in [2.24, 2.45) is 0 Å². The van der Waals surface area contributed by atoms with E-state index in [1.165, 1.54) is 0 Å². The van der Waals surface area contributed by atoms with E-state index >= 15 is 0 Å². The van der Waals surface area contributed by atoms with Crippen molar-refractivity contribution in [3.8, 4) is 0 Å². The van der Waals surface area contributed by atoms with Crippen molar-refractivity contribution in [1.29, 1.82) is 0 Å². The predicted octanol–water partition coefficient (Wildman–Crippen LogP) is 3.94. The third-order valence-electron chi connectivity index (χ3n) is 2.75. The highest BCUT2D eigenvalue weighted by molar-refractivity contribution is 9.11. The van der Waals surface area contributed by atoms with Gasteiger partial charge >= 0.3 is 5.97 Å². The number of carbonyl (C=O) groups is 1. The van der Waals surface area contributed by atoms with Crippen molar-refractivity contribution in [3.05, 3.63) is 50.6 Å². The van der Waals surface area contributed by atoms with Crippen LogP contribution in [0.15, 0.2) is 40.2 Å². The van der Waals surface area contributed by atoms with E-state index < -0.39 is 0 Å². The summed E-state index contributed by atoms with van der Waals surface area (Å²) in [5.74, 6) is -0.554. The number of thiophene rings is 1. The summed E-state index contributed by atoms with van der Waals surface area (Å²) in [4.78, 5) is 13.0. The Hall–Kier alpha value is -1.33. The van der Waals surface area contributed by atoms with Crippen LogP contribution >= 0.6 is 27.3 Å². The molecular weight excluding hydrogens is 326 g/mol. The second-order valence-electron chi connectivity index (χ2n) is 4.21. The molecule has 2 rings (SSSR count). The number of ether oxygens (including phenoxy) is 1. The molecule has 0 bridgehead atoms. The molecule has 19 heavy (non-hydrogen) atoms. The normalized spacial score (nSPS) is 12.1. The average molecular weight is 340 g/mol. The maximum absolute atomic E-state index is 12.0. The molecule has 0 saturated heterocycles. The number of nitrogen functional groups attached to an aromatic ring is 1. The summed E-state index contributed by atoms with van der Waals surface area (Å²) < 4.78 is 6.34. The molecule has 0 aliphatic carbocycles. The number of benzene rings is 1. The summed E-state index contributed by atoms with van der Waals surface area (Å²) in [7, 11) is 0. The van der Waals surface area contributed by atoms with E-state index in [9.17, 15) is 4.79 Å². The van der Waals surface area contributed by atoms with Crippen molar-refractivity contribution in [2.75, 3.05) is 5.73 Å². The van der Waals surface area contributed by atoms with Gasteiger partial charge < -0.3 is 10.5 Å². The van der Waals surface area contributed by atoms with Gasteiger partial charge in [0.25, 0.3) is 0 Å². The van der Waals surface area contributed by atoms with Crippen molar-refractivity contribution in [1.82, 2.24) is 0 Å². The summed E-state index contributed by atoms with van der Waals surface area (Å²) in [5.41, 5.74) is 7.23. The van der Waals surface area contributed by atoms with Gasteiger partial charge in [0.1, 0.15) is 6.61 Å². The third kappa shape index (κ3) is 3.81. The number of hydrogen-bond donors (Lipinski definition) is 1. The summed E-state index contributed by atoms with van der Waals surface area (Å²) in [6.45, 7) is 2.13. The zero-order chi connectivity index (χ0) is 13.8. The van der Waals surface area contributed by atoms with E-state index in [0.29, 0.717) is 12.3 Å². The van der Waals surface area contributed by atoms with Crippen molar-refractivity contribution in [3.63, 3.8) is 0 Å². The van der Waals surface area contributed by atoms with Gasteiger partial charge in [-0.25, -0.2) is 0 Å². The van der Waals surface area contributed by atoms with Crippen molar-refractivity contribution in [2.45, 2.75) is 19.4 Å². The standard InChI is InChI=1S/C14H14BrNO2S/c1-9(10-3-2-4-11(16)7-10)14(17)18-8-12-5-6-13(15)19-12/h2-7,9H,8,16H2,1H3. The molecule has 2 aromatic rings. The van der Waals surface area contributed by atoms with Gasteiger partial charge in [0.15, 0.2) is 0 Å². The monoisotopic (exact) mass is 339 g/mol. The summed E-state index contributed by atoms with van der Waals surface area (Å²) >= 11 is 4.94. The van der Waals surface area contributed by atoms with E-state index in [1.54, 1.807) is 23.5 Å². The molecule has 1 aromatic carbocycles. The van der Waals surface area contributed by atoms with Gasteiger partial charge in [-0.15, -0.1) is 11.3 Å². The van der Waals surface area contributed by atoms with Crippen molar-refractivity contribution < 1.29 is 9.53 Å². The van der Waals surface area contributed by atoms with Crippen LogP contribution in [-0.4, -0.2) is 5.97 Å². The first-order chi connectivity index (χ1) is 9.06. The number of nitrogens with two attached hydrogens (primary N) is 1. The molecule has 0 fully saturated rings. The Morgan fingerprint density at radius 1 is 1.42 bits per heavy atom. The highest BCUT2D eigenvalue weighted by Crippen LogP contribution is 2.24. The highest BCUT2D eigenvalue weighted by Gasteiger charge is 2.17. The predicted molar refractivity (Wildman–Crippen MR) is 81.1 cm³/mol. The minimum absolute atomic E-state index is 0.241. The second kappa shape index (κ2) is 6.21. The fraction of sp³-hybridized carbons (Fsp3) is 0.214. The lowest BCUT2D eigenvalue weighted by molar-refractivity contribution is -0.146. The molecule has 0 radical (unpaired) electrons. The molecule has 1 atom stereocenters. The first kappa shape index (κ1) is 14.1. The summed E-state index contributed by atoms with van der Waals surface area (Å²) in [6.07, 6.45) is 0. The lowest BCUT2D eigenvalue weighted by Crippen LogP contribution is -2.13. The number of esters is 1. The minimum atomic E-state index is -0.313. The number of anilines is 1. The number of halogens is 1. The van der Waals surface area contributed by atoms with Crippen LogP contribution in [0.5, 0.6) is 0 Å². The Balaban J connectivity index is 1.96. The molecule has 3 nitrogen and oxygen atoms in total. The maximum atomic E-state index is 12.0. The molecule has 2 N–H and O–H groups in total. The van der Waals surface area contributed by atoms with Crippen LogP contribution in [0.1, 0.15) is 23.3 Å². The van der Waals surface area contributed by atoms with Gasteiger partial charge in [-0.3, -0.25) is 4.79 Å². The first-order valence-electron chi connectivity index (χ1n) is 5.82. The molecule has 0 amide bonds. The first-order valence-corrected chi connectivity index (χ1v) is 7.43. The fourth-order valence-electron chi connectivity index (χ4n) is 1.66. The quantitative estimate of drug-likeness (QED) is 0.678. The van der Waals surface area contributed by atoms with Crippen LogP contribution in [-0.2, 0) is 16.1 Å². The molecule has 5 heteroatoms. The molecule has 100 valence electrons. The average Bonchev–Trinajstić information content (AvgIpc) is 2.81. The number of hydrogen-bond acceptors (Lipinski definition) is 4. The Labute approximate surface area is 124 Å². The summed E-state index contributed by atoms with van der Waals surface area (Å²) in [5, 5.41) is 0. The van der Waals surface area contributed by atoms with Gasteiger partial charge in [-0.2, -0.15) is 0 Å². The highest BCUT2D eigenvalue weighted by atomic mass is 79.9. The Kier molecular flexibility index (Phi) is 4.61. The van der Waals surface area contributed by atoms with E-state index in [0.717, 1.165) is 14.2 Å². The lowest BCUT2D eigenvalue weighted by Gasteiger charge is -2.11. The molecule has 0 aliphatic rings. The minimum Gasteiger partial charge on any atom is -0.460 e. The van der Waals surface area contributed by atoms with Crippen molar-refractivity contribution >= 4 is 38.9 Å². The molecule has 0 saturated carbocycles. The second-order valence-corrected chi connectivity index (χ2v) is 6.75. The fourth-order valence-corrected chi connectivity index (χ4v) is 3.06. The van der Waals surface area contributed by atoms with Gasteiger partial charge in [-0.1, -0.05) is 12.1 Å². The maximum Gasteiger partial charge on any atom is 0.313 e. The van der Waals surface area contributed by atoms with Crippen LogP contribution in [0.3, 0.4) is 0 Å². The van der Waals surface area contributed by atoms with Gasteiger partial charge in [0, 0.05) is 10.6 Å². The zero-order valence-electron chi connectivity index (χ0n) is 10.4. The van der Waals surface area contributed by atoms with E-state index in [4.69, 9.17) is 10.5 Å². The molecule has 1 heterocycles. The number of carbonyl (C=O) groups excluding carboxylic acids is 1. The van der Waals surface area contributed by atoms with E-state index in [-0.39, 0.29) is 11.9 Å². The van der Waals surface area contributed by atoms with E-state index in [1.807, 2.05) is 31.2 Å². The Morgan fingerprint density at radius 2 is 2.21 bits per heavy atom. The van der Waals surface area contributed by atoms with Crippen LogP contribution < -0.4 is 5.73 Å². The largest absolute Gasteiger partial charge is 0.460 e. The Bertz CT molecular complexity index is 582. The van der Waals surface area contributed by atoms with Gasteiger partial charge in [0.05, 0.1) is 9.70 Å². The Morgan fingerprint density at radius 3 is 2.84 bits per heavy atom. The molecule has 1 aromatic heterocycles. The molecule has 1 unspecified atom stereocenters. The smallest absolute Gasteiger partial charge is 0.313 e. The van der Waals surface area contributed by atoms with Gasteiger partial charge in [0.2, 0.25) is 0 Å². The SMILES string of the molecule is CC(C(=O)OCc1ccc(Br)s1)c1cccc(N)c1. The third-order valence-corrected chi connectivity index (χ3v) is 4.35. The topological polar surface area (TPSA) is 52.3 Å². The molecule has 0 spiro atoms. The van der Waals surface area contributed by atoms with Crippen LogP contribution in [0.25, 0.3) is 0 Å². The lowest BCUT2D eigenvalue weighted by atomic mass is 10.0. The number of rotatable bonds is 4. The van der Waals surface area contributed by atoms with Crippen LogP contribution in [0.4, 0.5) is 5.69 Å².